The minimum Gasteiger partial charge on any atom is -0.497 e. The van der Waals surface area contributed by atoms with Gasteiger partial charge in [0.1, 0.15) is 11.4 Å². The van der Waals surface area contributed by atoms with Crippen LogP contribution in [0.2, 0.25) is 0 Å². The second-order valence-corrected chi connectivity index (χ2v) is 7.91. The van der Waals surface area contributed by atoms with E-state index in [1.54, 1.807) is 7.11 Å². The lowest BCUT2D eigenvalue weighted by Gasteiger charge is -2.33. The maximum Gasteiger partial charge on any atom is 0.139 e. The number of benzene rings is 4. The Labute approximate surface area is 197 Å². The van der Waals surface area contributed by atoms with Crippen LogP contribution in [-0.4, -0.2) is 13.7 Å². The SMILES string of the molecule is CCOC(=CC(OC)(c1ccccc1)c1ccccc1)C(c1ccccc1)c1ccccc1. The van der Waals surface area contributed by atoms with Gasteiger partial charge in [-0.2, -0.15) is 0 Å². The van der Waals surface area contributed by atoms with Crippen molar-refractivity contribution in [2.45, 2.75) is 18.4 Å². The molecule has 0 bridgehead atoms. The molecule has 0 spiro atoms. The molecule has 4 rings (SSSR count). The van der Waals surface area contributed by atoms with E-state index in [9.17, 15) is 0 Å². The Morgan fingerprint density at radius 2 is 1.06 bits per heavy atom. The van der Waals surface area contributed by atoms with E-state index >= 15 is 0 Å². The summed E-state index contributed by atoms with van der Waals surface area (Å²) in [6, 6.07) is 41.7. The Morgan fingerprint density at radius 3 is 1.42 bits per heavy atom. The lowest BCUT2D eigenvalue weighted by molar-refractivity contribution is 0.0594. The van der Waals surface area contributed by atoms with Gasteiger partial charge in [-0.3, -0.25) is 0 Å². The molecular weight excluding hydrogens is 404 g/mol. The van der Waals surface area contributed by atoms with E-state index in [1.807, 2.05) is 55.5 Å². The van der Waals surface area contributed by atoms with E-state index in [2.05, 4.69) is 78.9 Å². The van der Waals surface area contributed by atoms with Crippen LogP contribution in [0.15, 0.2) is 133 Å². The van der Waals surface area contributed by atoms with Crippen LogP contribution < -0.4 is 0 Å². The van der Waals surface area contributed by atoms with Crippen LogP contribution in [0.5, 0.6) is 0 Å². The Kier molecular flexibility index (Phi) is 7.39. The first-order valence-electron chi connectivity index (χ1n) is 11.4. The fourth-order valence-electron chi connectivity index (χ4n) is 4.39. The van der Waals surface area contributed by atoms with Crippen molar-refractivity contribution in [3.63, 3.8) is 0 Å². The van der Waals surface area contributed by atoms with Gasteiger partial charge in [-0.25, -0.2) is 0 Å². The molecule has 166 valence electrons. The molecular formula is C31H30O2. The highest BCUT2D eigenvalue weighted by molar-refractivity contribution is 5.46. The number of hydrogen-bond acceptors (Lipinski definition) is 2. The van der Waals surface area contributed by atoms with Crippen LogP contribution in [0.1, 0.15) is 35.1 Å². The van der Waals surface area contributed by atoms with E-state index in [4.69, 9.17) is 9.47 Å². The highest BCUT2D eigenvalue weighted by atomic mass is 16.5. The van der Waals surface area contributed by atoms with Gasteiger partial charge in [0.25, 0.3) is 0 Å². The molecule has 0 fully saturated rings. The Hall–Kier alpha value is -3.62. The second kappa shape index (κ2) is 10.8. The molecule has 0 N–H and O–H groups in total. The first kappa shape index (κ1) is 22.6. The van der Waals surface area contributed by atoms with Crippen molar-refractivity contribution in [1.29, 1.82) is 0 Å². The Morgan fingerprint density at radius 1 is 0.667 bits per heavy atom. The van der Waals surface area contributed by atoms with E-state index < -0.39 is 5.60 Å². The average molecular weight is 435 g/mol. The van der Waals surface area contributed by atoms with Gasteiger partial charge in [0.15, 0.2) is 0 Å². The van der Waals surface area contributed by atoms with Crippen molar-refractivity contribution in [1.82, 2.24) is 0 Å². The smallest absolute Gasteiger partial charge is 0.139 e. The van der Waals surface area contributed by atoms with Gasteiger partial charge in [0.2, 0.25) is 0 Å². The fourth-order valence-corrected chi connectivity index (χ4v) is 4.39. The first-order valence-corrected chi connectivity index (χ1v) is 11.4. The van der Waals surface area contributed by atoms with Crippen molar-refractivity contribution < 1.29 is 9.47 Å². The topological polar surface area (TPSA) is 18.5 Å². The fraction of sp³-hybridized carbons (Fsp3) is 0.161. The Bertz CT molecular complexity index is 1060. The number of rotatable bonds is 9. The zero-order chi connectivity index (χ0) is 22.9. The summed E-state index contributed by atoms with van der Waals surface area (Å²) in [4.78, 5) is 0. The molecule has 0 saturated carbocycles. The normalized spacial score (nSPS) is 12.0. The minimum atomic E-state index is -0.797. The molecule has 0 amide bonds. The first-order chi connectivity index (χ1) is 16.3. The third-order valence-electron chi connectivity index (χ3n) is 5.93. The molecule has 0 saturated heterocycles. The van der Waals surface area contributed by atoms with Crippen LogP contribution in [-0.2, 0) is 15.1 Å². The van der Waals surface area contributed by atoms with Crippen LogP contribution in [0.3, 0.4) is 0 Å². The number of methoxy groups -OCH3 is 1. The van der Waals surface area contributed by atoms with E-state index in [-0.39, 0.29) is 5.92 Å². The van der Waals surface area contributed by atoms with Gasteiger partial charge in [-0.15, -0.1) is 0 Å². The van der Waals surface area contributed by atoms with Crippen molar-refractivity contribution in [2.75, 3.05) is 13.7 Å². The zero-order valence-electron chi connectivity index (χ0n) is 19.2. The van der Waals surface area contributed by atoms with Gasteiger partial charge < -0.3 is 9.47 Å². The molecule has 4 aromatic rings. The number of hydrogen-bond donors (Lipinski definition) is 0. The van der Waals surface area contributed by atoms with E-state index in [0.717, 1.165) is 16.9 Å². The molecule has 4 aromatic carbocycles. The van der Waals surface area contributed by atoms with Gasteiger partial charge in [0.05, 0.1) is 12.5 Å². The summed E-state index contributed by atoms with van der Waals surface area (Å²) in [7, 11) is 1.76. The minimum absolute atomic E-state index is 0.0608. The molecule has 0 unspecified atom stereocenters. The van der Waals surface area contributed by atoms with Gasteiger partial charge in [-0.05, 0) is 35.3 Å². The van der Waals surface area contributed by atoms with Gasteiger partial charge in [0, 0.05) is 7.11 Å². The summed E-state index contributed by atoms with van der Waals surface area (Å²) >= 11 is 0. The van der Waals surface area contributed by atoms with Crippen molar-refractivity contribution in [2.24, 2.45) is 0 Å². The summed E-state index contributed by atoms with van der Waals surface area (Å²) in [6.45, 7) is 2.59. The van der Waals surface area contributed by atoms with E-state index in [0.29, 0.717) is 6.61 Å². The highest BCUT2D eigenvalue weighted by Crippen LogP contribution is 2.40. The largest absolute Gasteiger partial charge is 0.497 e. The van der Waals surface area contributed by atoms with Crippen LogP contribution in [0.4, 0.5) is 0 Å². The Balaban J connectivity index is 1.97. The molecule has 33 heavy (non-hydrogen) atoms. The molecule has 0 atom stereocenters. The third-order valence-corrected chi connectivity index (χ3v) is 5.93. The molecule has 0 radical (unpaired) electrons. The summed E-state index contributed by atoms with van der Waals surface area (Å²) in [6.07, 6.45) is 2.16. The molecule has 2 nitrogen and oxygen atoms in total. The summed E-state index contributed by atoms with van der Waals surface area (Å²) in [5.41, 5.74) is 3.66. The van der Waals surface area contributed by atoms with E-state index in [1.165, 1.54) is 11.1 Å². The quantitative estimate of drug-likeness (QED) is 0.257. The highest BCUT2D eigenvalue weighted by Gasteiger charge is 2.35. The van der Waals surface area contributed by atoms with Crippen molar-refractivity contribution in [3.8, 4) is 0 Å². The van der Waals surface area contributed by atoms with Gasteiger partial charge >= 0.3 is 0 Å². The van der Waals surface area contributed by atoms with Crippen LogP contribution in [0.25, 0.3) is 0 Å². The summed E-state index contributed by atoms with van der Waals surface area (Å²) in [5.74, 6) is 0.804. The average Bonchev–Trinajstić information content (AvgIpc) is 2.90. The monoisotopic (exact) mass is 434 g/mol. The zero-order valence-corrected chi connectivity index (χ0v) is 19.2. The molecule has 2 heteroatoms. The predicted octanol–water partition coefficient (Wildman–Crippen LogP) is 7.33. The molecule has 0 aliphatic rings. The third kappa shape index (κ3) is 4.92. The van der Waals surface area contributed by atoms with Crippen molar-refractivity contribution in [3.05, 3.63) is 155 Å². The number of ether oxygens (including phenoxy) is 2. The lowest BCUT2D eigenvalue weighted by Crippen LogP contribution is -2.29. The van der Waals surface area contributed by atoms with Crippen LogP contribution >= 0.6 is 0 Å². The summed E-state index contributed by atoms with van der Waals surface area (Å²) < 4.78 is 12.7. The van der Waals surface area contributed by atoms with Crippen LogP contribution in [0, 0.1) is 0 Å². The van der Waals surface area contributed by atoms with Crippen molar-refractivity contribution >= 4 is 0 Å². The molecule has 0 aliphatic heterocycles. The van der Waals surface area contributed by atoms with Gasteiger partial charge in [-0.1, -0.05) is 121 Å². The standard InChI is InChI=1S/C31H30O2/c1-3-33-29(30(25-16-8-4-9-17-25)26-18-10-5-11-19-26)24-31(32-2,27-20-12-6-13-21-27)28-22-14-7-15-23-28/h4-24,30H,3H2,1-2H3. The summed E-state index contributed by atoms with van der Waals surface area (Å²) in [5, 5.41) is 0. The molecule has 0 heterocycles. The molecule has 0 aliphatic carbocycles. The number of allylic oxidation sites excluding steroid dienone is 1. The predicted molar refractivity (Wildman–Crippen MR) is 135 cm³/mol. The maximum atomic E-state index is 6.39. The lowest BCUT2D eigenvalue weighted by atomic mass is 9.82. The molecule has 0 aromatic heterocycles. The second-order valence-electron chi connectivity index (χ2n) is 7.91. The maximum absolute atomic E-state index is 6.39.